The minimum atomic E-state index is 0.259. The zero-order valence-corrected chi connectivity index (χ0v) is 18.3. The molecule has 1 fully saturated rings. The summed E-state index contributed by atoms with van der Waals surface area (Å²) in [5, 5.41) is 6.96. The number of rotatable bonds is 8. The Labute approximate surface area is 186 Å². The van der Waals surface area contributed by atoms with Crippen LogP contribution >= 0.6 is 11.3 Å². The van der Waals surface area contributed by atoms with Crippen molar-refractivity contribution in [1.82, 2.24) is 9.88 Å². The van der Waals surface area contributed by atoms with Crippen LogP contribution in [0, 0.1) is 0 Å². The minimum Gasteiger partial charge on any atom is -0.497 e. The van der Waals surface area contributed by atoms with E-state index in [1.54, 1.807) is 18.4 Å². The summed E-state index contributed by atoms with van der Waals surface area (Å²) in [6, 6.07) is 15.9. The van der Waals surface area contributed by atoms with Crippen LogP contribution in [-0.2, 0) is 22.7 Å². The number of thiazole rings is 1. The fraction of sp³-hybridized carbons (Fsp3) is 0.304. The van der Waals surface area contributed by atoms with Crippen LogP contribution in [0.4, 0.5) is 0 Å². The quantitative estimate of drug-likeness (QED) is 0.329. The van der Waals surface area contributed by atoms with E-state index in [1.165, 1.54) is 5.56 Å². The van der Waals surface area contributed by atoms with Gasteiger partial charge in [0.25, 0.3) is 0 Å². The third kappa shape index (κ3) is 5.81. The summed E-state index contributed by atoms with van der Waals surface area (Å²) in [4.78, 5) is 12.5. The summed E-state index contributed by atoms with van der Waals surface area (Å²) < 4.78 is 10.7. The van der Waals surface area contributed by atoms with Gasteiger partial charge in [0.15, 0.2) is 12.4 Å². The molecule has 1 aliphatic rings. The van der Waals surface area contributed by atoms with Crippen molar-refractivity contribution in [1.29, 1.82) is 0 Å². The molecule has 0 bridgehead atoms. The van der Waals surface area contributed by atoms with Crippen molar-refractivity contribution in [2.45, 2.75) is 13.2 Å². The lowest BCUT2D eigenvalue weighted by molar-refractivity contribution is 0.0342. The monoisotopic (exact) mass is 438 g/mol. The molecule has 31 heavy (non-hydrogen) atoms. The molecule has 0 unspecified atom stereocenters. The van der Waals surface area contributed by atoms with Crippen molar-refractivity contribution < 1.29 is 14.3 Å². The summed E-state index contributed by atoms with van der Waals surface area (Å²) in [5.41, 5.74) is 10.0. The molecule has 1 aliphatic heterocycles. The molecule has 8 heteroatoms. The Morgan fingerprint density at radius 2 is 2.03 bits per heavy atom. The normalized spacial score (nSPS) is 15.1. The topological polar surface area (TPSA) is 82.2 Å². The second-order valence-corrected chi connectivity index (χ2v) is 8.07. The first-order chi connectivity index (χ1) is 15.2. The Bertz CT molecular complexity index is 1030. The maximum Gasteiger partial charge on any atom is 0.170 e. The number of hydrogen-bond donors (Lipinski definition) is 1. The summed E-state index contributed by atoms with van der Waals surface area (Å²) in [5.74, 6) is 1.16. The first-order valence-electron chi connectivity index (χ1n) is 10.1. The third-order valence-electron chi connectivity index (χ3n) is 4.98. The molecule has 0 spiro atoms. The van der Waals surface area contributed by atoms with Gasteiger partial charge < -0.3 is 20.0 Å². The number of benzene rings is 2. The third-order valence-corrected chi connectivity index (χ3v) is 5.92. The molecule has 162 valence electrons. The van der Waals surface area contributed by atoms with E-state index >= 15 is 0 Å². The fourth-order valence-corrected chi connectivity index (χ4v) is 4.13. The number of amidine groups is 1. The maximum absolute atomic E-state index is 6.15. The van der Waals surface area contributed by atoms with Gasteiger partial charge in [-0.05, 0) is 23.8 Å². The van der Waals surface area contributed by atoms with Crippen LogP contribution in [0.2, 0.25) is 0 Å². The number of methoxy groups -OCH3 is 1. The zero-order chi connectivity index (χ0) is 21.5. The molecule has 7 nitrogen and oxygen atoms in total. The van der Waals surface area contributed by atoms with E-state index in [2.05, 4.69) is 27.2 Å². The van der Waals surface area contributed by atoms with Gasteiger partial charge in [-0.25, -0.2) is 4.98 Å². The smallest absolute Gasteiger partial charge is 0.170 e. The Kier molecular flexibility index (Phi) is 7.14. The summed E-state index contributed by atoms with van der Waals surface area (Å²) in [6.45, 7) is 4.59. The number of morpholine rings is 1. The second-order valence-electron chi connectivity index (χ2n) is 7.21. The predicted octanol–water partition coefficient (Wildman–Crippen LogP) is 3.49. The number of hydrogen-bond acceptors (Lipinski definition) is 7. The van der Waals surface area contributed by atoms with Crippen LogP contribution in [0.3, 0.4) is 0 Å². The van der Waals surface area contributed by atoms with Crippen molar-refractivity contribution in [2.24, 2.45) is 10.9 Å². The Morgan fingerprint density at radius 1 is 1.19 bits per heavy atom. The lowest BCUT2D eigenvalue weighted by Crippen LogP contribution is -2.35. The van der Waals surface area contributed by atoms with Gasteiger partial charge in [-0.1, -0.05) is 35.5 Å². The van der Waals surface area contributed by atoms with E-state index in [4.69, 9.17) is 20.0 Å². The lowest BCUT2D eigenvalue weighted by Gasteiger charge is -2.26. The van der Waals surface area contributed by atoms with Gasteiger partial charge in [0.1, 0.15) is 10.8 Å². The predicted molar refractivity (Wildman–Crippen MR) is 122 cm³/mol. The van der Waals surface area contributed by atoms with Gasteiger partial charge in [-0.3, -0.25) is 4.90 Å². The van der Waals surface area contributed by atoms with Gasteiger partial charge in [0.05, 0.1) is 26.0 Å². The zero-order valence-electron chi connectivity index (χ0n) is 17.5. The molecule has 0 radical (unpaired) electrons. The van der Waals surface area contributed by atoms with Crippen molar-refractivity contribution in [2.75, 3.05) is 33.4 Å². The number of ether oxygens (including phenoxy) is 2. The highest BCUT2D eigenvalue weighted by molar-refractivity contribution is 7.13. The highest BCUT2D eigenvalue weighted by atomic mass is 32.1. The van der Waals surface area contributed by atoms with Gasteiger partial charge >= 0.3 is 0 Å². The van der Waals surface area contributed by atoms with E-state index in [1.807, 2.05) is 41.8 Å². The summed E-state index contributed by atoms with van der Waals surface area (Å²) >= 11 is 1.56. The van der Waals surface area contributed by atoms with Crippen molar-refractivity contribution >= 4 is 17.2 Å². The molecule has 0 amide bonds. The lowest BCUT2D eigenvalue weighted by atomic mass is 10.1. The molecular formula is C23H26N4O3S. The average molecular weight is 439 g/mol. The first kappa shape index (κ1) is 21.3. The fourth-order valence-electron chi connectivity index (χ4n) is 3.33. The largest absolute Gasteiger partial charge is 0.497 e. The SMILES string of the molecule is COc1cccc(-c2nc(CO/N=C(/N)c3cccc(CN4CCOCC4)c3)cs2)c1. The molecule has 0 aliphatic carbocycles. The molecular weight excluding hydrogens is 412 g/mol. The molecule has 2 heterocycles. The van der Waals surface area contributed by atoms with Crippen LogP contribution < -0.4 is 10.5 Å². The van der Waals surface area contributed by atoms with Crippen molar-refractivity contribution in [3.63, 3.8) is 0 Å². The Morgan fingerprint density at radius 3 is 2.87 bits per heavy atom. The molecule has 1 aromatic heterocycles. The highest BCUT2D eigenvalue weighted by Gasteiger charge is 2.11. The molecule has 3 aromatic rings. The number of oxime groups is 1. The molecule has 0 atom stereocenters. The molecule has 2 N–H and O–H groups in total. The van der Waals surface area contributed by atoms with Crippen LogP contribution in [-0.4, -0.2) is 49.1 Å². The van der Waals surface area contributed by atoms with Gasteiger partial charge in [-0.2, -0.15) is 0 Å². The van der Waals surface area contributed by atoms with E-state index in [-0.39, 0.29) is 6.61 Å². The van der Waals surface area contributed by atoms with Crippen LogP contribution in [0.5, 0.6) is 5.75 Å². The molecule has 1 saturated heterocycles. The Balaban J connectivity index is 1.35. The average Bonchev–Trinajstić information content (AvgIpc) is 3.29. The van der Waals surface area contributed by atoms with Crippen molar-refractivity contribution in [3.8, 4) is 16.3 Å². The molecule has 2 aromatic carbocycles. The van der Waals surface area contributed by atoms with Gasteiger partial charge in [-0.15, -0.1) is 11.3 Å². The van der Waals surface area contributed by atoms with Crippen LogP contribution in [0.15, 0.2) is 59.1 Å². The standard InChI is InChI=1S/C23H26N4O3S/c1-28-21-7-3-6-19(13-21)23-25-20(16-31-23)15-30-26-22(24)18-5-2-4-17(12-18)14-27-8-10-29-11-9-27/h2-7,12-13,16H,8-11,14-15H2,1H3,(H2,24,26). The Hall–Kier alpha value is -2.94. The van der Waals surface area contributed by atoms with E-state index in [0.29, 0.717) is 5.84 Å². The number of nitrogens with zero attached hydrogens (tertiary/aromatic N) is 3. The number of nitrogens with two attached hydrogens (primary N) is 1. The number of aromatic nitrogens is 1. The van der Waals surface area contributed by atoms with Crippen molar-refractivity contribution in [3.05, 3.63) is 70.7 Å². The second kappa shape index (κ2) is 10.4. The maximum atomic E-state index is 6.15. The minimum absolute atomic E-state index is 0.259. The van der Waals surface area contributed by atoms with Gasteiger partial charge in [0, 0.05) is 36.1 Å². The highest BCUT2D eigenvalue weighted by Crippen LogP contribution is 2.27. The summed E-state index contributed by atoms with van der Waals surface area (Å²) in [6.07, 6.45) is 0. The van der Waals surface area contributed by atoms with Gasteiger partial charge in [0.2, 0.25) is 0 Å². The molecule has 0 saturated carbocycles. The van der Waals surface area contributed by atoms with E-state index in [9.17, 15) is 0 Å². The van der Waals surface area contributed by atoms with Crippen LogP contribution in [0.1, 0.15) is 16.8 Å². The van der Waals surface area contributed by atoms with Crippen LogP contribution in [0.25, 0.3) is 10.6 Å². The first-order valence-corrected chi connectivity index (χ1v) is 11.0. The van der Waals surface area contributed by atoms with E-state index < -0.39 is 0 Å². The summed E-state index contributed by atoms with van der Waals surface area (Å²) in [7, 11) is 1.65. The van der Waals surface area contributed by atoms with E-state index in [0.717, 1.165) is 60.4 Å². The molecule has 4 rings (SSSR count).